The van der Waals surface area contributed by atoms with Gasteiger partial charge in [-0.15, -0.1) is 12.4 Å². The Morgan fingerprint density at radius 2 is 2.28 bits per heavy atom. The van der Waals surface area contributed by atoms with Gasteiger partial charge in [-0.25, -0.2) is 4.39 Å². The Labute approximate surface area is 113 Å². The number of benzene rings is 1. The van der Waals surface area contributed by atoms with Crippen LogP contribution < -0.4 is 10.6 Å². The van der Waals surface area contributed by atoms with Crippen LogP contribution in [0, 0.1) is 12.7 Å². The number of amides is 1. The Hall–Kier alpha value is -1.13. The van der Waals surface area contributed by atoms with Gasteiger partial charge in [0, 0.05) is 18.2 Å². The van der Waals surface area contributed by atoms with Crippen LogP contribution in [0.4, 0.5) is 4.39 Å². The van der Waals surface area contributed by atoms with E-state index in [1.165, 1.54) is 12.1 Å². The average molecular weight is 273 g/mol. The van der Waals surface area contributed by atoms with Gasteiger partial charge in [0.25, 0.3) is 5.91 Å². The number of hydrogen-bond acceptors (Lipinski definition) is 2. The zero-order valence-electron chi connectivity index (χ0n) is 10.3. The lowest BCUT2D eigenvalue weighted by Gasteiger charge is -2.11. The van der Waals surface area contributed by atoms with Crippen molar-refractivity contribution in [2.75, 3.05) is 13.1 Å². The summed E-state index contributed by atoms with van der Waals surface area (Å²) in [4.78, 5) is 11.8. The van der Waals surface area contributed by atoms with Crippen molar-refractivity contribution in [3.05, 3.63) is 35.1 Å². The summed E-state index contributed by atoms with van der Waals surface area (Å²) in [5.74, 6) is -0.574. The first-order chi connectivity index (χ1) is 8.15. The minimum atomic E-state index is -0.367. The van der Waals surface area contributed by atoms with E-state index in [1.54, 1.807) is 13.0 Å². The summed E-state index contributed by atoms with van der Waals surface area (Å²) in [5, 5.41) is 6.12. The van der Waals surface area contributed by atoms with Gasteiger partial charge in [0.15, 0.2) is 0 Å². The smallest absolute Gasteiger partial charge is 0.251 e. The quantitative estimate of drug-likeness (QED) is 0.884. The highest BCUT2D eigenvalue weighted by molar-refractivity contribution is 5.94. The Balaban J connectivity index is 0.00000162. The molecule has 0 bridgehead atoms. The Morgan fingerprint density at radius 1 is 1.50 bits per heavy atom. The van der Waals surface area contributed by atoms with Gasteiger partial charge in [0.2, 0.25) is 0 Å². The average Bonchev–Trinajstić information content (AvgIpc) is 2.77. The van der Waals surface area contributed by atoms with Gasteiger partial charge in [0.1, 0.15) is 5.82 Å². The molecule has 1 aromatic carbocycles. The molecule has 1 heterocycles. The topological polar surface area (TPSA) is 41.1 Å². The molecule has 2 N–H and O–H groups in total. The number of carbonyl (C=O) groups excluding carboxylic acids is 1. The summed E-state index contributed by atoms with van der Waals surface area (Å²) in [6.07, 6.45) is 2.24. The number of rotatable bonds is 3. The molecule has 0 spiro atoms. The van der Waals surface area contributed by atoms with Gasteiger partial charge in [-0.1, -0.05) is 0 Å². The van der Waals surface area contributed by atoms with E-state index in [4.69, 9.17) is 0 Å². The van der Waals surface area contributed by atoms with E-state index >= 15 is 0 Å². The van der Waals surface area contributed by atoms with Crippen molar-refractivity contribution in [3.8, 4) is 0 Å². The first-order valence-electron chi connectivity index (χ1n) is 5.94. The lowest BCUT2D eigenvalue weighted by atomic mass is 10.1. The SMILES string of the molecule is Cc1cc(F)cc(C(=O)NCC2CCCN2)c1.Cl. The highest BCUT2D eigenvalue weighted by Crippen LogP contribution is 2.09. The van der Waals surface area contributed by atoms with E-state index in [0.717, 1.165) is 24.9 Å². The van der Waals surface area contributed by atoms with Crippen molar-refractivity contribution in [1.82, 2.24) is 10.6 Å². The van der Waals surface area contributed by atoms with E-state index < -0.39 is 0 Å². The molecule has 1 aliphatic heterocycles. The number of carbonyl (C=O) groups is 1. The molecule has 2 rings (SSSR count). The van der Waals surface area contributed by atoms with Crippen LogP contribution in [0.1, 0.15) is 28.8 Å². The molecule has 1 aliphatic rings. The van der Waals surface area contributed by atoms with Crippen LogP contribution >= 0.6 is 12.4 Å². The second-order valence-electron chi connectivity index (χ2n) is 4.52. The third-order valence-electron chi connectivity index (χ3n) is 2.98. The molecule has 1 amide bonds. The normalized spacial score (nSPS) is 18.2. The molecule has 0 saturated carbocycles. The maximum atomic E-state index is 13.1. The monoisotopic (exact) mass is 272 g/mol. The minimum Gasteiger partial charge on any atom is -0.350 e. The standard InChI is InChI=1S/C13H17FN2O.ClH/c1-9-5-10(7-11(14)6-9)13(17)16-8-12-3-2-4-15-12;/h5-7,12,15H,2-4,8H2,1H3,(H,16,17);1H. The molecule has 100 valence electrons. The molecule has 5 heteroatoms. The van der Waals surface area contributed by atoms with Crippen LogP contribution in [0.3, 0.4) is 0 Å². The number of hydrogen-bond donors (Lipinski definition) is 2. The van der Waals surface area contributed by atoms with Gasteiger partial charge >= 0.3 is 0 Å². The molecule has 0 aromatic heterocycles. The summed E-state index contributed by atoms with van der Waals surface area (Å²) in [7, 11) is 0. The lowest BCUT2D eigenvalue weighted by Crippen LogP contribution is -2.37. The van der Waals surface area contributed by atoms with E-state index in [-0.39, 0.29) is 24.1 Å². The third-order valence-corrected chi connectivity index (χ3v) is 2.98. The molecule has 0 aliphatic carbocycles. The van der Waals surface area contributed by atoms with Crippen molar-refractivity contribution < 1.29 is 9.18 Å². The zero-order valence-corrected chi connectivity index (χ0v) is 11.1. The molecule has 18 heavy (non-hydrogen) atoms. The first-order valence-corrected chi connectivity index (χ1v) is 5.94. The maximum Gasteiger partial charge on any atom is 0.251 e. The van der Waals surface area contributed by atoms with Crippen molar-refractivity contribution >= 4 is 18.3 Å². The highest BCUT2D eigenvalue weighted by atomic mass is 35.5. The molecule has 1 saturated heterocycles. The van der Waals surface area contributed by atoms with Gasteiger partial charge in [-0.3, -0.25) is 4.79 Å². The molecule has 1 atom stereocenters. The predicted molar refractivity (Wildman–Crippen MR) is 71.7 cm³/mol. The second-order valence-corrected chi connectivity index (χ2v) is 4.52. The molecule has 1 aromatic rings. The largest absolute Gasteiger partial charge is 0.350 e. The van der Waals surface area contributed by atoms with E-state index in [9.17, 15) is 9.18 Å². The van der Waals surface area contributed by atoms with Crippen molar-refractivity contribution in [3.63, 3.8) is 0 Å². The number of aryl methyl sites for hydroxylation is 1. The third kappa shape index (κ3) is 3.96. The van der Waals surface area contributed by atoms with Crippen molar-refractivity contribution in [2.24, 2.45) is 0 Å². The summed E-state index contributed by atoms with van der Waals surface area (Å²) in [5.41, 5.74) is 1.15. The maximum absolute atomic E-state index is 13.1. The van der Waals surface area contributed by atoms with Crippen LogP contribution in [0.5, 0.6) is 0 Å². The predicted octanol–water partition coefficient (Wildman–Crippen LogP) is 2.04. The molecule has 0 radical (unpaired) electrons. The van der Waals surface area contributed by atoms with Crippen LogP contribution in [0.15, 0.2) is 18.2 Å². The number of nitrogens with one attached hydrogen (secondary N) is 2. The van der Waals surface area contributed by atoms with Crippen LogP contribution in [-0.4, -0.2) is 25.0 Å². The van der Waals surface area contributed by atoms with Crippen LogP contribution in [-0.2, 0) is 0 Å². The van der Waals surface area contributed by atoms with Crippen molar-refractivity contribution in [1.29, 1.82) is 0 Å². The molecular formula is C13H18ClFN2O. The Kier molecular flexibility index (Phi) is 5.56. The highest BCUT2D eigenvalue weighted by Gasteiger charge is 2.15. The fourth-order valence-corrected chi connectivity index (χ4v) is 2.12. The summed E-state index contributed by atoms with van der Waals surface area (Å²) < 4.78 is 13.1. The van der Waals surface area contributed by atoms with Gasteiger partial charge in [0.05, 0.1) is 0 Å². The summed E-state index contributed by atoms with van der Waals surface area (Å²) >= 11 is 0. The molecule has 1 unspecified atom stereocenters. The van der Waals surface area contributed by atoms with Crippen LogP contribution in [0.25, 0.3) is 0 Å². The number of halogens is 2. The van der Waals surface area contributed by atoms with Gasteiger partial charge in [-0.05, 0) is 50.1 Å². The fraction of sp³-hybridized carbons (Fsp3) is 0.462. The minimum absolute atomic E-state index is 0. The van der Waals surface area contributed by atoms with Gasteiger partial charge in [-0.2, -0.15) is 0 Å². The van der Waals surface area contributed by atoms with Crippen LogP contribution in [0.2, 0.25) is 0 Å². The van der Waals surface area contributed by atoms with Crippen molar-refractivity contribution in [2.45, 2.75) is 25.8 Å². The summed E-state index contributed by atoms with van der Waals surface area (Å²) in [6.45, 7) is 3.40. The molecule has 3 nitrogen and oxygen atoms in total. The molecule has 1 fully saturated rings. The van der Waals surface area contributed by atoms with Gasteiger partial charge < -0.3 is 10.6 Å². The van der Waals surface area contributed by atoms with E-state index in [2.05, 4.69) is 10.6 Å². The van der Waals surface area contributed by atoms with E-state index in [1.807, 2.05) is 0 Å². The zero-order chi connectivity index (χ0) is 12.3. The first kappa shape index (κ1) is 14.9. The lowest BCUT2D eigenvalue weighted by molar-refractivity contribution is 0.0950. The Bertz CT molecular complexity index is 399. The second kappa shape index (κ2) is 6.71. The van der Waals surface area contributed by atoms with E-state index in [0.29, 0.717) is 18.2 Å². The summed E-state index contributed by atoms with van der Waals surface area (Å²) in [6, 6.07) is 4.73. The Morgan fingerprint density at radius 3 is 2.89 bits per heavy atom. The fourth-order valence-electron chi connectivity index (χ4n) is 2.12. The molecular weight excluding hydrogens is 255 g/mol.